The van der Waals surface area contributed by atoms with E-state index in [2.05, 4.69) is 0 Å². The van der Waals surface area contributed by atoms with E-state index < -0.39 is 26.4 Å². The van der Waals surface area contributed by atoms with E-state index in [1.165, 1.54) is 0 Å². The second-order valence-corrected chi connectivity index (χ2v) is 13.2. The summed E-state index contributed by atoms with van der Waals surface area (Å²) in [4.78, 5) is 0. The SMILES string of the molecule is CCO[Si](C)(C)O[Si](C)O[Si](C)(C)OCC. The molecule has 0 rings (SSSR count). The van der Waals surface area contributed by atoms with E-state index in [1.807, 2.05) is 46.6 Å². The van der Waals surface area contributed by atoms with Crippen LogP contribution in [0, 0.1) is 0 Å². The molecule has 0 saturated carbocycles. The van der Waals surface area contributed by atoms with E-state index in [-0.39, 0.29) is 0 Å². The van der Waals surface area contributed by atoms with Crippen LogP contribution in [-0.4, -0.2) is 39.6 Å². The molecule has 0 saturated heterocycles. The highest BCUT2D eigenvalue weighted by atomic mass is 28.5. The Hall–Kier alpha value is 0.491. The first-order chi connectivity index (χ1) is 7.22. The van der Waals surface area contributed by atoms with Gasteiger partial charge in [0.05, 0.1) is 0 Å². The summed E-state index contributed by atoms with van der Waals surface area (Å²) in [6.45, 7) is 15.5. The summed E-state index contributed by atoms with van der Waals surface area (Å²) < 4.78 is 23.0. The van der Waals surface area contributed by atoms with Gasteiger partial charge in [-0.25, -0.2) is 0 Å². The second kappa shape index (κ2) is 7.04. The molecule has 1 radical (unpaired) electrons. The quantitative estimate of drug-likeness (QED) is 0.641. The van der Waals surface area contributed by atoms with Crippen LogP contribution in [0.25, 0.3) is 0 Å². The Kier molecular flexibility index (Phi) is 7.26. The molecule has 0 bridgehead atoms. The van der Waals surface area contributed by atoms with Gasteiger partial charge in [0.2, 0.25) is 0 Å². The minimum atomic E-state index is -2.00. The first-order valence-corrected chi connectivity index (χ1v) is 13.2. The molecule has 0 aromatic rings. The lowest BCUT2D eigenvalue weighted by Gasteiger charge is -2.30. The van der Waals surface area contributed by atoms with E-state index in [9.17, 15) is 0 Å². The molecule has 7 heteroatoms. The maximum Gasteiger partial charge on any atom is 0.362 e. The van der Waals surface area contributed by atoms with Crippen LogP contribution in [-0.2, 0) is 17.1 Å². The van der Waals surface area contributed by atoms with Crippen molar-refractivity contribution in [1.82, 2.24) is 0 Å². The molecule has 0 aliphatic rings. The van der Waals surface area contributed by atoms with Crippen LogP contribution in [0.1, 0.15) is 13.8 Å². The Morgan fingerprint density at radius 1 is 0.812 bits per heavy atom. The highest BCUT2D eigenvalue weighted by Crippen LogP contribution is 2.13. The van der Waals surface area contributed by atoms with Gasteiger partial charge in [0.25, 0.3) is 0 Å². The molecule has 0 fully saturated rings. The molecule has 0 spiro atoms. The summed E-state index contributed by atoms with van der Waals surface area (Å²) >= 11 is 0. The molecular weight excluding hydrogens is 256 g/mol. The van der Waals surface area contributed by atoms with Crippen molar-refractivity contribution in [1.29, 1.82) is 0 Å². The van der Waals surface area contributed by atoms with Gasteiger partial charge in [0.1, 0.15) is 0 Å². The van der Waals surface area contributed by atoms with Crippen molar-refractivity contribution in [2.24, 2.45) is 0 Å². The van der Waals surface area contributed by atoms with Crippen LogP contribution in [0.4, 0.5) is 0 Å². The van der Waals surface area contributed by atoms with Crippen LogP contribution < -0.4 is 0 Å². The zero-order valence-corrected chi connectivity index (χ0v) is 14.5. The molecule has 0 aromatic heterocycles. The lowest BCUT2D eigenvalue weighted by Crippen LogP contribution is -2.47. The fourth-order valence-corrected chi connectivity index (χ4v) is 9.41. The summed E-state index contributed by atoms with van der Waals surface area (Å²) in [5.41, 5.74) is 0. The summed E-state index contributed by atoms with van der Waals surface area (Å²) in [5, 5.41) is 0. The lowest BCUT2D eigenvalue weighted by molar-refractivity contribution is 0.225. The Bertz CT molecular complexity index is 179. The zero-order valence-electron chi connectivity index (χ0n) is 11.5. The molecular formula is C9H25O4Si3. The fraction of sp³-hybridized carbons (Fsp3) is 1.00. The van der Waals surface area contributed by atoms with Crippen LogP contribution in [0.5, 0.6) is 0 Å². The third-order valence-corrected chi connectivity index (χ3v) is 9.96. The van der Waals surface area contributed by atoms with Crippen molar-refractivity contribution in [3.8, 4) is 0 Å². The third-order valence-electron chi connectivity index (χ3n) is 1.76. The van der Waals surface area contributed by atoms with Crippen molar-refractivity contribution >= 4 is 26.4 Å². The van der Waals surface area contributed by atoms with Gasteiger partial charge < -0.3 is 17.1 Å². The molecule has 0 aliphatic heterocycles. The standard InChI is InChI=1S/C9H25O4Si3/c1-8-10-15(4,5)12-14(3)13-16(6,7)11-9-2/h8-9H2,1-7H3. The summed E-state index contributed by atoms with van der Waals surface area (Å²) in [5.74, 6) is 0. The summed E-state index contributed by atoms with van der Waals surface area (Å²) in [6, 6.07) is 0. The first kappa shape index (κ1) is 16.5. The molecule has 0 amide bonds. The minimum absolute atomic E-state index is 0.695. The van der Waals surface area contributed by atoms with Crippen molar-refractivity contribution in [2.45, 2.75) is 46.6 Å². The predicted molar refractivity (Wildman–Crippen MR) is 72.0 cm³/mol. The van der Waals surface area contributed by atoms with Crippen molar-refractivity contribution < 1.29 is 17.1 Å². The van der Waals surface area contributed by atoms with Gasteiger partial charge in [-0.1, -0.05) is 0 Å². The Morgan fingerprint density at radius 2 is 1.12 bits per heavy atom. The zero-order chi connectivity index (χ0) is 12.8. The van der Waals surface area contributed by atoms with E-state index in [1.54, 1.807) is 0 Å². The Labute approximate surface area is 104 Å². The maximum absolute atomic E-state index is 5.91. The van der Waals surface area contributed by atoms with Gasteiger partial charge in [0, 0.05) is 13.2 Å². The van der Waals surface area contributed by atoms with Gasteiger partial charge in [0.15, 0.2) is 0 Å². The van der Waals surface area contributed by atoms with E-state index >= 15 is 0 Å². The predicted octanol–water partition coefficient (Wildman–Crippen LogP) is 2.61. The molecule has 0 heterocycles. The minimum Gasteiger partial charge on any atom is -0.414 e. The van der Waals surface area contributed by atoms with Crippen LogP contribution in [0.2, 0.25) is 32.7 Å². The fourth-order valence-electron chi connectivity index (χ4n) is 1.47. The van der Waals surface area contributed by atoms with Gasteiger partial charge >= 0.3 is 26.4 Å². The Morgan fingerprint density at radius 3 is 1.38 bits per heavy atom. The van der Waals surface area contributed by atoms with Gasteiger partial charge in [-0.15, -0.1) is 0 Å². The van der Waals surface area contributed by atoms with E-state index in [0.29, 0.717) is 13.2 Å². The normalized spacial score (nSPS) is 13.5. The molecule has 16 heavy (non-hydrogen) atoms. The first-order valence-electron chi connectivity index (χ1n) is 5.72. The van der Waals surface area contributed by atoms with E-state index in [4.69, 9.17) is 17.1 Å². The topological polar surface area (TPSA) is 36.9 Å². The number of rotatable bonds is 8. The molecule has 0 atom stereocenters. The highest BCUT2D eigenvalue weighted by molar-refractivity contribution is 6.76. The summed E-state index contributed by atoms with van der Waals surface area (Å²) in [6.07, 6.45) is 0. The van der Waals surface area contributed by atoms with E-state index in [0.717, 1.165) is 0 Å². The molecule has 0 unspecified atom stereocenters. The van der Waals surface area contributed by atoms with Crippen LogP contribution in [0.15, 0.2) is 0 Å². The number of hydrogen-bond donors (Lipinski definition) is 0. The molecule has 0 aromatic carbocycles. The van der Waals surface area contributed by atoms with Crippen LogP contribution >= 0.6 is 0 Å². The second-order valence-electron chi connectivity index (χ2n) is 4.36. The molecule has 4 nitrogen and oxygen atoms in total. The lowest BCUT2D eigenvalue weighted by atomic mass is 10.9. The maximum atomic E-state index is 5.91. The molecule has 0 N–H and O–H groups in total. The monoisotopic (exact) mass is 281 g/mol. The Balaban J connectivity index is 4.11. The van der Waals surface area contributed by atoms with Gasteiger partial charge in [-0.05, 0) is 46.6 Å². The largest absolute Gasteiger partial charge is 0.414 e. The van der Waals surface area contributed by atoms with Crippen molar-refractivity contribution in [2.75, 3.05) is 13.2 Å². The summed E-state index contributed by atoms with van der Waals surface area (Å²) in [7, 11) is -5.28. The van der Waals surface area contributed by atoms with Crippen molar-refractivity contribution in [3.05, 3.63) is 0 Å². The average Bonchev–Trinajstić information content (AvgIpc) is 1.99. The van der Waals surface area contributed by atoms with Crippen molar-refractivity contribution in [3.63, 3.8) is 0 Å². The number of hydrogen-bond acceptors (Lipinski definition) is 4. The molecule has 0 aliphatic carbocycles. The smallest absolute Gasteiger partial charge is 0.362 e. The highest BCUT2D eigenvalue weighted by Gasteiger charge is 2.34. The van der Waals surface area contributed by atoms with Gasteiger partial charge in [-0.2, -0.15) is 0 Å². The van der Waals surface area contributed by atoms with Crippen LogP contribution in [0.3, 0.4) is 0 Å². The third kappa shape index (κ3) is 7.71. The van der Waals surface area contributed by atoms with Gasteiger partial charge in [-0.3, -0.25) is 0 Å². The average molecular weight is 282 g/mol. The molecule has 97 valence electrons.